The third-order valence-electron chi connectivity index (χ3n) is 11.2. The van der Waals surface area contributed by atoms with Crippen LogP contribution in [0.25, 0.3) is 22.3 Å². The number of nitrogens with one attached hydrogen (secondary N) is 3. The van der Waals surface area contributed by atoms with E-state index in [1.807, 2.05) is 0 Å². The lowest BCUT2D eigenvalue weighted by molar-refractivity contribution is -0.137. The normalized spacial score (nSPS) is 28.6. The molecule has 9 N–H and O–H groups in total. The quantitative estimate of drug-likeness (QED) is 0.0233. The number of nitrogens with two attached hydrogens (primary N) is 1. The second-order valence-corrected chi connectivity index (χ2v) is 18.9. The summed E-state index contributed by atoms with van der Waals surface area (Å²) in [6.45, 7) is 0.207. The van der Waals surface area contributed by atoms with Gasteiger partial charge >= 0.3 is 15.6 Å². The summed E-state index contributed by atoms with van der Waals surface area (Å²) in [4.78, 5) is 106. The zero-order valence-corrected chi connectivity index (χ0v) is 40.0. The van der Waals surface area contributed by atoms with Gasteiger partial charge in [0.15, 0.2) is 40.6 Å². The number of rotatable bonds is 21. The SMILES string of the molecule is Nc1nc2c(ncn2[C@@H]2O[C@@H]3COP(=O)(O)O[C@H]4C(O)[C@@H](COP(=O)(O)O[C@@H]3C2O)O[C@H]4n2cnc3c(NC(=O)CCOCCOCCOCCOCCNC(=O)CCN4C(=O)C=CC4=O)ncnc32)c(=O)[nH]1. The van der Waals surface area contributed by atoms with Crippen molar-refractivity contribution in [2.75, 3.05) is 90.2 Å². The van der Waals surface area contributed by atoms with Crippen molar-refractivity contribution in [3.05, 3.63) is 41.5 Å². The van der Waals surface area contributed by atoms with Gasteiger partial charge in [-0.3, -0.25) is 61.1 Å². The molecule has 398 valence electrons. The van der Waals surface area contributed by atoms with E-state index >= 15 is 0 Å². The highest BCUT2D eigenvalue weighted by molar-refractivity contribution is 7.47. The number of carbonyl (C=O) groups is 4. The van der Waals surface area contributed by atoms with E-state index in [1.165, 1.54) is 4.57 Å². The van der Waals surface area contributed by atoms with Crippen molar-refractivity contribution < 1.29 is 94.8 Å². The van der Waals surface area contributed by atoms with Gasteiger partial charge in [0.05, 0.1) is 85.1 Å². The molecule has 3 saturated heterocycles. The van der Waals surface area contributed by atoms with Crippen LogP contribution < -0.4 is 21.9 Å². The fraction of sp³-hybridized carbons (Fsp3) is 0.579. The van der Waals surface area contributed by atoms with Crippen LogP contribution in [0.4, 0.5) is 11.8 Å². The van der Waals surface area contributed by atoms with Crippen LogP contribution in [-0.2, 0) is 74.8 Å². The number of aromatic amines is 1. The third-order valence-corrected chi connectivity index (χ3v) is 13.1. The number of aromatic nitrogens is 8. The number of phosphoric ester groups is 2. The number of hydrogen-bond acceptors (Lipinski definition) is 25. The maximum Gasteiger partial charge on any atom is 0.472 e. The molecule has 4 aliphatic rings. The Kier molecular flexibility index (Phi) is 17.5. The van der Waals surface area contributed by atoms with Crippen LogP contribution >= 0.6 is 15.6 Å². The standard InChI is InChI=1S/C38H50N12O21P2/c39-38-46-34-27(35(57)47-38)44-19-50(34)36-29(56)30-21(69-36)16-67-73(60,61)71-31-28(55)20(15-66-72(58,59)70-30)68-37(31)49-18-43-26-32(41-17-42-33(26)49)45-23(52)4-7-62-9-11-64-13-14-65-12-10-63-8-5-40-22(51)3-6-48-24(53)1-2-25(48)54/h1-2,17-21,28-31,36-37,55-56H,3-16H2,(H,40,51)(H,58,59)(H,60,61)(H3,39,46,47,57)(H,41,42,45,52)/t20-,21-,28?,29?,30+,31+,36-,37-/m1/s1. The number of carbonyl (C=O) groups excluding carboxylic acids is 4. The van der Waals surface area contributed by atoms with Crippen LogP contribution in [0.2, 0.25) is 0 Å². The third kappa shape index (κ3) is 13.2. The maximum absolute atomic E-state index is 13.5. The van der Waals surface area contributed by atoms with Crippen molar-refractivity contribution in [3.8, 4) is 0 Å². The first-order valence-electron chi connectivity index (χ1n) is 22.3. The van der Waals surface area contributed by atoms with E-state index in [0.717, 1.165) is 40.6 Å². The number of aliphatic hydroxyl groups excluding tert-OH is 2. The monoisotopic (exact) mass is 1070 g/mol. The minimum Gasteiger partial charge on any atom is -0.387 e. The highest BCUT2D eigenvalue weighted by Crippen LogP contribution is 2.53. The van der Waals surface area contributed by atoms with Crippen LogP contribution in [0.3, 0.4) is 0 Å². The fourth-order valence-electron chi connectivity index (χ4n) is 7.71. The maximum atomic E-state index is 13.5. The lowest BCUT2D eigenvalue weighted by Crippen LogP contribution is -2.36. The van der Waals surface area contributed by atoms with Crippen LogP contribution in [0.15, 0.2) is 35.9 Å². The Morgan fingerprint density at radius 2 is 1.32 bits per heavy atom. The highest BCUT2D eigenvalue weighted by Gasteiger charge is 2.54. The summed E-state index contributed by atoms with van der Waals surface area (Å²) < 4.78 is 83.9. The van der Waals surface area contributed by atoms with E-state index in [9.17, 15) is 53.1 Å². The predicted molar refractivity (Wildman–Crippen MR) is 239 cm³/mol. The van der Waals surface area contributed by atoms with E-state index in [0.29, 0.717) is 0 Å². The Bertz CT molecular complexity index is 2810. The molecule has 33 nitrogen and oxygen atoms in total. The predicted octanol–water partition coefficient (Wildman–Crippen LogP) is -3.10. The molecule has 2 bridgehead atoms. The average Bonchev–Trinajstić information content (AvgIpc) is 4.17. The fourth-order valence-corrected chi connectivity index (χ4v) is 9.60. The first-order valence-corrected chi connectivity index (χ1v) is 25.3. The van der Waals surface area contributed by atoms with Crippen molar-refractivity contribution >= 4 is 73.4 Å². The van der Waals surface area contributed by atoms with Gasteiger partial charge in [-0.15, -0.1) is 0 Å². The minimum absolute atomic E-state index is 0.000714. The number of anilines is 2. The first kappa shape index (κ1) is 53.7. The van der Waals surface area contributed by atoms with Gasteiger partial charge in [-0.2, -0.15) is 4.98 Å². The second-order valence-electron chi connectivity index (χ2n) is 16.1. The average molecular weight is 1070 g/mol. The Morgan fingerprint density at radius 3 is 2.00 bits per heavy atom. The van der Waals surface area contributed by atoms with Crippen LogP contribution in [-0.4, -0.2) is 203 Å². The summed E-state index contributed by atoms with van der Waals surface area (Å²) in [5.41, 5.74) is 4.66. The molecule has 4 amide bonds. The second kappa shape index (κ2) is 23.7. The molecular formula is C38H50N12O21P2. The van der Waals surface area contributed by atoms with Crippen molar-refractivity contribution in [2.45, 2.75) is 61.9 Å². The molecular weight excluding hydrogens is 1020 g/mol. The number of H-pyrrole nitrogens is 1. The van der Waals surface area contributed by atoms with Gasteiger partial charge < -0.3 is 64.8 Å². The topological polar surface area (TPSA) is 436 Å². The Hall–Kier alpha value is -5.58. The number of aliphatic hydroxyl groups is 2. The van der Waals surface area contributed by atoms with Crippen molar-refractivity contribution in [2.24, 2.45) is 0 Å². The van der Waals surface area contributed by atoms with Gasteiger partial charge in [-0.05, 0) is 0 Å². The lowest BCUT2D eigenvalue weighted by Gasteiger charge is -2.25. The molecule has 4 aromatic heterocycles. The summed E-state index contributed by atoms with van der Waals surface area (Å²) in [6, 6.07) is 0. The minimum atomic E-state index is -5.23. The Balaban J connectivity index is 0.768. The molecule has 73 heavy (non-hydrogen) atoms. The van der Waals surface area contributed by atoms with E-state index in [2.05, 4.69) is 40.5 Å². The van der Waals surface area contributed by atoms with E-state index in [1.54, 1.807) is 0 Å². The number of ether oxygens (including phenoxy) is 6. The number of imide groups is 1. The first-order chi connectivity index (χ1) is 35.0. The van der Waals surface area contributed by atoms with Crippen LogP contribution in [0, 0.1) is 0 Å². The van der Waals surface area contributed by atoms with E-state index in [4.69, 9.17) is 52.2 Å². The smallest absolute Gasteiger partial charge is 0.387 e. The van der Waals surface area contributed by atoms with Gasteiger partial charge in [-0.25, -0.2) is 29.1 Å². The lowest BCUT2D eigenvalue weighted by atomic mass is 10.1. The zero-order chi connectivity index (χ0) is 51.9. The Morgan fingerprint density at radius 1 is 0.726 bits per heavy atom. The molecule has 0 spiro atoms. The highest BCUT2D eigenvalue weighted by atomic mass is 31.2. The zero-order valence-electron chi connectivity index (χ0n) is 38.2. The number of hydrogen-bond donors (Lipinski definition) is 8. The molecule has 8 heterocycles. The molecule has 3 fully saturated rings. The molecule has 0 radical (unpaired) electrons. The molecule has 4 aliphatic heterocycles. The number of amides is 4. The van der Waals surface area contributed by atoms with Crippen molar-refractivity contribution in [3.63, 3.8) is 0 Å². The van der Waals surface area contributed by atoms with E-state index < -0.39 is 101 Å². The number of nitrogen functional groups attached to an aromatic ring is 1. The molecule has 0 aliphatic carbocycles. The summed E-state index contributed by atoms with van der Waals surface area (Å²) in [6.07, 6.45) is -7.87. The molecule has 0 aromatic carbocycles. The molecule has 10 atom stereocenters. The molecule has 35 heteroatoms. The van der Waals surface area contributed by atoms with Gasteiger partial charge in [0, 0.05) is 31.7 Å². The van der Waals surface area contributed by atoms with Gasteiger partial charge in [-0.1, -0.05) is 0 Å². The number of fused-ring (bicyclic) bond motifs is 5. The van der Waals surface area contributed by atoms with Crippen LogP contribution in [0.1, 0.15) is 25.3 Å². The number of nitrogens with zero attached hydrogens (tertiary/aromatic N) is 8. The Labute approximate surface area is 410 Å². The van der Waals surface area contributed by atoms with Crippen molar-refractivity contribution in [1.82, 2.24) is 49.3 Å². The summed E-state index contributed by atoms with van der Waals surface area (Å²) in [5.74, 6) is -2.05. The molecule has 4 unspecified atom stereocenters. The molecule has 0 saturated carbocycles. The largest absolute Gasteiger partial charge is 0.472 e. The summed E-state index contributed by atoms with van der Waals surface area (Å²) in [7, 11) is -10.4. The number of phosphoric acid groups is 2. The van der Waals surface area contributed by atoms with Gasteiger partial charge in [0.1, 0.15) is 43.0 Å². The molecule has 4 aromatic rings. The summed E-state index contributed by atoms with van der Waals surface area (Å²) in [5, 5.41) is 27.9. The van der Waals surface area contributed by atoms with Crippen LogP contribution in [0.5, 0.6) is 0 Å². The van der Waals surface area contributed by atoms with Crippen molar-refractivity contribution in [1.29, 1.82) is 0 Å². The van der Waals surface area contributed by atoms with E-state index in [-0.39, 0.29) is 119 Å². The number of imidazole rings is 2. The molecule has 8 rings (SSSR count). The van der Waals surface area contributed by atoms with Gasteiger partial charge in [0.2, 0.25) is 17.8 Å². The van der Waals surface area contributed by atoms with Gasteiger partial charge in [0.25, 0.3) is 17.4 Å². The summed E-state index contributed by atoms with van der Waals surface area (Å²) >= 11 is 0.